The highest BCUT2D eigenvalue weighted by Crippen LogP contribution is 2.27. The van der Waals surface area contributed by atoms with Crippen molar-refractivity contribution in [2.24, 2.45) is 0 Å². The van der Waals surface area contributed by atoms with Gasteiger partial charge in [0.2, 0.25) is 0 Å². The van der Waals surface area contributed by atoms with Crippen LogP contribution in [0.1, 0.15) is 27.7 Å². The number of hydrogen-bond donors (Lipinski definition) is 2. The number of quaternary nitrogens is 1. The number of amides is 1. The van der Waals surface area contributed by atoms with E-state index in [1.165, 1.54) is 4.90 Å². The summed E-state index contributed by atoms with van der Waals surface area (Å²) in [7, 11) is 1.71. The van der Waals surface area contributed by atoms with Crippen molar-refractivity contribution in [3.8, 4) is 5.75 Å². The third-order valence-electron chi connectivity index (χ3n) is 4.34. The van der Waals surface area contributed by atoms with Gasteiger partial charge >= 0.3 is 0 Å². The topological polar surface area (TPSA) is 46.0 Å². The molecule has 1 amide bonds. The molecular formula is C18H30N3O2+. The van der Waals surface area contributed by atoms with Crippen LogP contribution in [0.4, 0.5) is 5.69 Å². The second kappa shape index (κ2) is 7.21. The highest BCUT2D eigenvalue weighted by molar-refractivity contribution is 5.80. The summed E-state index contributed by atoms with van der Waals surface area (Å²) in [6.07, 6.45) is 0. The van der Waals surface area contributed by atoms with E-state index in [0.717, 1.165) is 37.6 Å². The van der Waals surface area contributed by atoms with Gasteiger partial charge in [-0.3, -0.25) is 4.79 Å². The van der Waals surface area contributed by atoms with Crippen LogP contribution < -0.4 is 19.9 Å². The summed E-state index contributed by atoms with van der Waals surface area (Å²) in [6.45, 7) is 11.9. The van der Waals surface area contributed by atoms with Gasteiger partial charge in [-0.05, 0) is 39.8 Å². The van der Waals surface area contributed by atoms with Gasteiger partial charge in [-0.2, -0.15) is 0 Å². The number of methoxy groups -OCH3 is 1. The van der Waals surface area contributed by atoms with Crippen LogP contribution in [-0.2, 0) is 4.79 Å². The smallest absolute Gasteiger partial charge is 0.278 e. The van der Waals surface area contributed by atoms with E-state index in [9.17, 15) is 4.79 Å². The predicted molar refractivity (Wildman–Crippen MR) is 93.3 cm³/mol. The quantitative estimate of drug-likeness (QED) is 0.859. The molecule has 2 rings (SSSR count). The Labute approximate surface area is 139 Å². The molecule has 0 aromatic heterocycles. The highest BCUT2D eigenvalue weighted by Gasteiger charge is 2.31. The molecular weight excluding hydrogens is 290 g/mol. The largest absolute Gasteiger partial charge is 0.495 e. The molecule has 5 nitrogen and oxygen atoms in total. The standard InChI is InChI=1S/C18H29N3O2/c1-14(17(22)19-18(2,3)4)20-10-12-21(13-11-20)15-8-6-7-9-16(15)23-5/h6-9,14H,10-13H2,1-5H3,(H,19,22)/p+1/t14-/m0/s1. The van der Waals surface area contributed by atoms with E-state index in [-0.39, 0.29) is 17.5 Å². The molecule has 0 saturated carbocycles. The normalized spacial score (nSPS) is 17.7. The van der Waals surface area contributed by atoms with Crippen LogP contribution in [0.3, 0.4) is 0 Å². The van der Waals surface area contributed by atoms with E-state index >= 15 is 0 Å². The Bertz CT molecular complexity index is 531. The Kier molecular flexibility index (Phi) is 5.52. The lowest BCUT2D eigenvalue weighted by Gasteiger charge is -2.37. The van der Waals surface area contributed by atoms with Crippen molar-refractivity contribution in [2.45, 2.75) is 39.3 Å². The third-order valence-corrected chi connectivity index (χ3v) is 4.34. The van der Waals surface area contributed by atoms with E-state index in [2.05, 4.69) is 16.3 Å². The van der Waals surface area contributed by atoms with E-state index in [4.69, 9.17) is 4.74 Å². The molecule has 2 N–H and O–H groups in total. The maximum atomic E-state index is 12.3. The number of carbonyl (C=O) groups excluding carboxylic acids is 1. The Morgan fingerprint density at radius 2 is 1.87 bits per heavy atom. The van der Waals surface area contributed by atoms with Crippen molar-refractivity contribution in [3.63, 3.8) is 0 Å². The fraction of sp³-hybridized carbons (Fsp3) is 0.611. The fourth-order valence-corrected chi connectivity index (χ4v) is 3.02. The van der Waals surface area contributed by atoms with Gasteiger partial charge in [0.05, 0.1) is 39.0 Å². The van der Waals surface area contributed by atoms with Crippen LogP contribution in [0.15, 0.2) is 24.3 Å². The highest BCUT2D eigenvalue weighted by atomic mass is 16.5. The van der Waals surface area contributed by atoms with Gasteiger partial charge in [-0.15, -0.1) is 0 Å². The Morgan fingerprint density at radius 1 is 1.26 bits per heavy atom. The first-order chi connectivity index (χ1) is 10.8. The number of rotatable bonds is 4. The second-order valence-electron chi connectivity index (χ2n) is 7.28. The summed E-state index contributed by atoms with van der Waals surface area (Å²) in [5.74, 6) is 1.05. The third kappa shape index (κ3) is 4.61. The Balaban J connectivity index is 1.94. The lowest BCUT2D eigenvalue weighted by Crippen LogP contribution is -3.19. The number of ether oxygens (including phenoxy) is 1. The maximum absolute atomic E-state index is 12.3. The van der Waals surface area contributed by atoms with Crippen molar-refractivity contribution < 1.29 is 14.4 Å². The zero-order valence-corrected chi connectivity index (χ0v) is 15.0. The van der Waals surface area contributed by atoms with Crippen molar-refractivity contribution in [1.82, 2.24) is 5.32 Å². The molecule has 0 radical (unpaired) electrons. The van der Waals surface area contributed by atoms with Crippen molar-refractivity contribution in [2.75, 3.05) is 38.2 Å². The lowest BCUT2D eigenvalue weighted by atomic mass is 10.1. The van der Waals surface area contributed by atoms with E-state index in [1.54, 1.807) is 7.11 Å². The first kappa shape index (κ1) is 17.6. The van der Waals surface area contributed by atoms with E-state index in [1.807, 2.05) is 45.9 Å². The number of para-hydroxylation sites is 2. The molecule has 5 heteroatoms. The average Bonchev–Trinajstić information content (AvgIpc) is 2.52. The van der Waals surface area contributed by atoms with Gasteiger partial charge < -0.3 is 19.9 Å². The van der Waals surface area contributed by atoms with Crippen molar-refractivity contribution >= 4 is 11.6 Å². The zero-order chi connectivity index (χ0) is 17.0. The van der Waals surface area contributed by atoms with Crippen LogP contribution in [-0.4, -0.2) is 50.8 Å². The molecule has 0 aliphatic carbocycles. The number of anilines is 1. The maximum Gasteiger partial charge on any atom is 0.278 e. The molecule has 1 atom stereocenters. The lowest BCUT2D eigenvalue weighted by molar-refractivity contribution is -0.914. The van der Waals surface area contributed by atoms with Crippen molar-refractivity contribution in [1.29, 1.82) is 0 Å². The number of benzene rings is 1. The average molecular weight is 320 g/mol. The monoisotopic (exact) mass is 320 g/mol. The Morgan fingerprint density at radius 3 is 2.43 bits per heavy atom. The van der Waals surface area contributed by atoms with Gasteiger partial charge in [0.15, 0.2) is 6.04 Å². The molecule has 0 spiro atoms. The van der Waals surface area contributed by atoms with Gasteiger partial charge in [-0.25, -0.2) is 0 Å². The fourth-order valence-electron chi connectivity index (χ4n) is 3.02. The molecule has 1 heterocycles. The molecule has 1 aliphatic heterocycles. The molecule has 1 aromatic carbocycles. The molecule has 0 unspecified atom stereocenters. The molecule has 1 aliphatic rings. The van der Waals surface area contributed by atoms with Crippen LogP contribution >= 0.6 is 0 Å². The zero-order valence-electron chi connectivity index (χ0n) is 15.0. The summed E-state index contributed by atoms with van der Waals surface area (Å²) in [6, 6.07) is 8.10. The van der Waals surface area contributed by atoms with Crippen LogP contribution in [0.5, 0.6) is 5.75 Å². The van der Waals surface area contributed by atoms with Gasteiger partial charge in [-0.1, -0.05) is 12.1 Å². The molecule has 1 aromatic rings. The van der Waals surface area contributed by atoms with Crippen LogP contribution in [0.2, 0.25) is 0 Å². The van der Waals surface area contributed by atoms with Gasteiger partial charge in [0, 0.05) is 5.54 Å². The number of nitrogens with zero attached hydrogens (tertiary/aromatic N) is 1. The van der Waals surface area contributed by atoms with Gasteiger partial charge in [0.1, 0.15) is 5.75 Å². The summed E-state index contributed by atoms with van der Waals surface area (Å²) in [5, 5.41) is 3.08. The SMILES string of the molecule is COc1ccccc1N1CC[NH+]([C@@H](C)C(=O)NC(C)(C)C)CC1. The summed E-state index contributed by atoms with van der Waals surface area (Å²) in [4.78, 5) is 16.0. The molecule has 0 bridgehead atoms. The summed E-state index contributed by atoms with van der Waals surface area (Å²) >= 11 is 0. The Hall–Kier alpha value is -1.75. The first-order valence-corrected chi connectivity index (χ1v) is 8.36. The predicted octanol–water partition coefficient (Wildman–Crippen LogP) is 0.703. The van der Waals surface area contributed by atoms with E-state index in [0.29, 0.717) is 0 Å². The van der Waals surface area contributed by atoms with Crippen molar-refractivity contribution in [3.05, 3.63) is 24.3 Å². The first-order valence-electron chi connectivity index (χ1n) is 8.36. The number of hydrogen-bond acceptors (Lipinski definition) is 3. The minimum Gasteiger partial charge on any atom is -0.495 e. The molecule has 1 fully saturated rings. The number of carbonyl (C=O) groups is 1. The second-order valence-corrected chi connectivity index (χ2v) is 7.28. The molecule has 1 saturated heterocycles. The van der Waals surface area contributed by atoms with Crippen LogP contribution in [0, 0.1) is 0 Å². The number of piperazine rings is 1. The number of nitrogens with one attached hydrogen (secondary N) is 2. The minimum absolute atomic E-state index is 0.0194. The van der Waals surface area contributed by atoms with Crippen LogP contribution in [0.25, 0.3) is 0 Å². The molecule has 23 heavy (non-hydrogen) atoms. The minimum atomic E-state index is -0.177. The molecule has 128 valence electrons. The summed E-state index contributed by atoms with van der Waals surface area (Å²) in [5.41, 5.74) is 0.963. The summed E-state index contributed by atoms with van der Waals surface area (Å²) < 4.78 is 5.45. The van der Waals surface area contributed by atoms with Gasteiger partial charge in [0.25, 0.3) is 5.91 Å². The van der Waals surface area contributed by atoms with E-state index < -0.39 is 0 Å².